The van der Waals surface area contributed by atoms with Crippen molar-refractivity contribution in [3.8, 4) is 0 Å². The maximum atomic E-state index is 5.93. The molecule has 4 rings (SSSR count). The second-order valence-corrected chi connectivity index (χ2v) is 15.8. The number of hydrogen-bond acceptors (Lipinski definition) is 8. The molecule has 206 valence electrons. The second-order valence-electron chi connectivity index (χ2n) is 8.25. The summed E-state index contributed by atoms with van der Waals surface area (Å²) < 4.78 is 5.92. The van der Waals surface area contributed by atoms with Crippen molar-refractivity contribution in [1.29, 1.82) is 0 Å². The average molecular weight is 673 g/mol. The van der Waals surface area contributed by atoms with Crippen LogP contribution in [0.5, 0.6) is 0 Å². The van der Waals surface area contributed by atoms with Gasteiger partial charge in [0.15, 0.2) is 8.64 Å². The van der Waals surface area contributed by atoms with Crippen molar-refractivity contribution in [3.05, 3.63) is 144 Å². The van der Waals surface area contributed by atoms with E-state index in [0.29, 0.717) is 0 Å². The number of rotatable bonds is 12. The molecule has 0 saturated carbocycles. The molecule has 0 atom stereocenters. The summed E-state index contributed by atoms with van der Waals surface area (Å²) in [6.07, 6.45) is 0. The van der Waals surface area contributed by atoms with E-state index in [4.69, 9.17) is 24.4 Å². The first-order chi connectivity index (χ1) is 19.7. The third-order valence-corrected chi connectivity index (χ3v) is 14.4. The lowest BCUT2D eigenvalue weighted by molar-refractivity contribution is 1.16. The molecule has 0 radical (unpaired) electrons. The highest BCUT2D eigenvalue weighted by atomic mass is 33.1. The first-order valence-electron chi connectivity index (χ1n) is 12.4. The summed E-state index contributed by atoms with van der Waals surface area (Å²) in [6.45, 7) is 0. The van der Waals surface area contributed by atoms with Crippen molar-refractivity contribution in [2.24, 2.45) is 0 Å². The van der Waals surface area contributed by atoms with Crippen LogP contribution in [0.15, 0.2) is 121 Å². The molecule has 40 heavy (non-hydrogen) atoms. The fourth-order valence-corrected chi connectivity index (χ4v) is 10.8. The van der Waals surface area contributed by atoms with Crippen LogP contribution in [-0.2, 0) is 23.0 Å². The number of thiocarbonyl (C=S) groups is 2. The Morgan fingerprint density at radius 3 is 0.850 bits per heavy atom. The highest BCUT2D eigenvalue weighted by Crippen LogP contribution is 2.40. The summed E-state index contributed by atoms with van der Waals surface area (Å²) in [6, 6.07) is 42.0. The summed E-state index contributed by atoms with van der Waals surface area (Å²) in [7, 11) is 3.11. The predicted molar refractivity (Wildman–Crippen MR) is 195 cm³/mol. The molecule has 2 nitrogen and oxygen atoms in total. The summed E-state index contributed by atoms with van der Waals surface area (Å²) in [5, 5.41) is 0. The topological polar surface area (TPSA) is 6.48 Å². The van der Waals surface area contributed by atoms with E-state index in [0.717, 1.165) is 31.7 Å². The van der Waals surface area contributed by atoms with E-state index < -0.39 is 0 Å². The first-order valence-corrected chi connectivity index (χ1v) is 19.1. The van der Waals surface area contributed by atoms with Gasteiger partial charge in [-0.05, 0) is 116 Å². The molecular formula is C30H28N2S8. The Morgan fingerprint density at radius 1 is 0.400 bits per heavy atom. The van der Waals surface area contributed by atoms with Gasteiger partial charge in [0, 0.05) is 23.0 Å². The molecule has 10 heteroatoms. The van der Waals surface area contributed by atoms with E-state index in [9.17, 15) is 0 Å². The van der Waals surface area contributed by atoms with E-state index in [1.54, 1.807) is 69.4 Å². The number of hydrogen-bond donors (Lipinski definition) is 0. The average Bonchev–Trinajstić information content (AvgIpc) is 3.02. The molecule has 0 aliphatic rings. The van der Waals surface area contributed by atoms with Crippen molar-refractivity contribution < 1.29 is 0 Å². The fraction of sp³-hybridized carbons (Fsp3) is 0.133. The summed E-state index contributed by atoms with van der Waals surface area (Å²) in [4.78, 5) is 0. The Labute approximate surface area is 274 Å². The SMILES string of the molecule is S=C(SSC(=S)N(SCc1ccccc1)SCc1ccccc1)N(SCc1ccccc1)SCc1ccccc1. The Kier molecular flexibility index (Phi) is 14.5. The Hall–Kier alpha value is -1.24. The van der Waals surface area contributed by atoms with Gasteiger partial charge in [0.2, 0.25) is 0 Å². The largest absolute Gasteiger partial charge is 0.241 e. The van der Waals surface area contributed by atoms with Crippen LogP contribution < -0.4 is 0 Å². The normalized spacial score (nSPS) is 10.7. The van der Waals surface area contributed by atoms with Crippen molar-refractivity contribution in [1.82, 2.24) is 7.42 Å². The van der Waals surface area contributed by atoms with Crippen molar-refractivity contribution in [2.75, 3.05) is 0 Å². The minimum atomic E-state index is 0.801. The molecule has 0 spiro atoms. The van der Waals surface area contributed by atoms with Crippen LogP contribution in [0.25, 0.3) is 0 Å². The quantitative estimate of drug-likeness (QED) is 0.0811. The van der Waals surface area contributed by atoms with Crippen LogP contribution in [0.4, 0.5) is 0 Å². The lowest BCUT2D eigenvalue weighted by atomic mass is 10.2. The molecule has 0 unspecified atom stereocenters. The van der Waals surface area contributed by atoms with E-state index in [2.05, 4.69) is 104 Å². The van der Waals surface area contributed by atoms with Crippen LogP contribution >= 0.6 is 93.8 Å². The first kappa shape index (κ1) is 31.7. The molecule has 0 aromatic heterocycles. The fourth-order valence-electron chi connectivity index (χ4n) is 3.25. The minimum Gasteiger partial charge on any atom is -0.241 e. The highest BCUT2D eigenvalue weighted by Gasteiger charge is 2.18. The van der Waals surface area contributed by atoms with Crippen LogP contribution in [0.1, 0.15) is 22.3 Å². The van der Waals surface area contributed by atoms with E-state index in [1.165, 1.54) is 22.3 Å². The van der Waals surface area contributed by atoms with Crippen LogP contribution in [0.2, 0.25) is 0 Å². The molecule has 4 aromatic rings. The predicted octanol–water partition coefficient (Wildman–Crippen LogP) is 10.9. The summed E-state index contributed by atoms with van der Waals surface area (Å²) in [5.41, 5.74) is 5.09. The van der Waals surface area contributed by atoms with Gasteiger partial charge in [-0.3, -0.25) is 0 Å². The Bertz CT molecular complexity index is 1100. The number of nitrogens with zero attached hydrogens (tertiary/aromatic N) is 2. The molecular weight excluding hydrogens is 645 g/mol. The zero-order valence-corrected chi connectivity index (χ0v) is 28.1. The van der Waals surface area contributed by atoms with Crippen molar-refractivity contribution in [3.63, 3.8) is 0 Å². The zero-order chi connectivity index (χ0) is 27.8. The van der Waals surface area contributed by atoms with E-state index in [-0.39, 0.29) is 0 Å². The van der Waals surface area contributed by atoms with Crippen LogP contribution in [0.3, 0.4) is 0 Å². The molecule has 0 fully saturated rings. The van der Waals surface area contributed by atoms with Crippen LogP contribution in [0, 0.1) is 0 Å². The van der Waals surface area contributed by atoms with Gasteiger partial charge in [-0.2, -0.15) is 0 Å². The van der Waals surface area contributed by atoms with Gasteiger partial charge in [0.05, 0.1) is 0 Å². The number of benzene rings is 4. The zero-order valence-electron chi connectivity index (χ0n) is 21.5. The monoisotopic (exact) mass is 672 g/mol. The van der Waals surface area contributed by atoms with E-state index >= 15 is 0 Å². The smallest absolute Gasteiger partial charge is 0.167 e. The van der Waals surface area contributed by atoms with Gasteiger partial charge in [-0.1, -0.05) is 121 Å². The van der Waals surface area contributed by atoms with Gasteiger partial charge in [0.25, 0.3) is 0 Å². The molecule has 4 aromatic carbocycles. The van der Waals surface area contributed by atoms with Gasteiger partial charge >= 0.3 is 0 Å². The van der Waals surface area contributed by atoms with Gasteiger partial charge in [-0.15, -0.1) is 0 Å². The van der Waals surface area contributed by atoms with E-state index in [1.807, 2.05) is 24.3 Å². The molecule has 0 saturated heterocycles. The van der Waals surface area contributed by atoms with Crippen molar-refractivity contribution >= 4 is 102 Å². The van der Waals surface area contributed by atoms with Gasteiger partial charge in [-0.25, -0.2) is 7.42 Å². The van der Waals surface area contributed by atoms with Crippen LogP contribution in [-0.4, -0.2) is 16.1 Å². The second kappa shape index (κ2) is 18.3. The molecule has 0 heterocycles. The Balaban J connectivity index is 1.36. The maximum Gasteiger partial charge on any atom is 0.167 e. The van der Waals surface area contributed by atoms with Gasteiger partial charge in [0.1, 0.15) is 0 Å². The van der Waals surface area contributed by atoms with Gasteiger partial charge < -0.3 is 0 Å². The third kappa shape index (κ3) is 11.6. The summed E-state index contributed by atoms with van der Waals surface area (Å²) in [5.74, 6) is 3.41. The standard InChI is InChI=1S/C30H28N2S8/c33-29(31(35-21-25-13-5-1-6-14-25)36-22-26-15-7-2-8-16-26)39-40-30(34)32(37-23-27-17-9-3-10-18-27)38-24-28-19-11-4-12-20-28/h1-20H,21-24H2. The summed E-state index contributed by atoms with van der Waals surface area (Å²) >= 11 is 18.8. The lowest BCUT2D eigenvalue weighted by Crippen LogP contribution is -2.15. The third-order valence-electron chi connectivity index (χ3n) is 5.25. The molecule has 0 amide bonds. The molecule has 0 aliphatic heterocycles. The molecule has 0 aliphatic carbocycles. The minimum absolute atomic E-state index is 0.801. The van der Waals surface area contributed by atoms with Crippen molar-refractivity contribution in [2.45, 2.75) is 23.0 Å². The highest BCUT2D eigenvalue weighted by molar-refractivity contribution is 8.90. The molecule has 0 bridgehead atoms. The maximum absolute atomic E-state index is 5.93. The lowest BCUT2D eigenvalue weighted by Gasteiger charge is -2.24. The Morgan fingerprint density at radius 2 is 0.625 bits per heavy atom. The molecule has 0 N–H and O–H groups in total.